The molecule has 1 aliphatic rings. The molecule has 0 bridgehead atoms. The third kappa shape index (κ3) is 4.36. The number of hydrogen-bond donors (Lipinski definition) is 2. The van der Waals surface area contributed by atoms with Gasteiger partial charge in [0, 0.05) is 31.9 Å². The van der Waals surface area contributed by atoms with Crippen LogP contribution < -0.4 is 10.2 Å². The minimum Gasteiger partial charge on any atom is -0.386 e. The Morgan fingerprint density at radius 2 is 2.32 bits per heavy atom. The zero-order valence-corrected chi connectivity index (χ0v) is 14.6. The van der Waals surface area contributed by atoms with Gasteiger partial charge in [0.05, 0.1) is 5.69 Å². The van der Waals surface area contributed by atoms with Crippen molar-refractivity contribution in [3.8, 4) is 0 Å². The lowest BCUT2D eigenvalue weighted by atomic mass is 10.0. The van der Waals surface area contributed by atoms with Crippen LogP contribution in [0.15, 0.2) is 35.0 Å². The molecule has 0 saturated carbocycles. The molecule has 1 fully saturated rings. The van der Waals surface area contributed by atoms with Crippen LogP contribution >= 0.6 is 0 Å². The average molecular weight is 344 g/mol. The minimum absolute atomic E-state index is 0.162. The number of β-amino-alcohol motifs (C(OH)–C–C–N with tert-alkyl or cyclic N) is 1. The molecule has 25 heavy (non-hydrogen) atoms. The van der Waals surface area contributed by atoms with Crippen molar-refractivity contribution in [2.24, 2.45) is 5.92 Å². The molecule has 134 valence electrons. The molecule has 7 heteroatoms. The lowest BCUT2D eigenvalue weighted by Crippen LogP contribution is -2.45. The zero-order valence-electron chi connectivity index (χ0n) is 14.6. The van der Waals surface area contributed by atoms with Crippen LogP contribution in [-0.4, -0.2) is 46.4 Å². The topological polar surface area (TPSA) is 91.5 Å². The van der Waals surface area contributed by atoms with Gasteiger partial charge < -0.3 is 19.8 Å². The van der Waals surface area contributed by atoms with Gasteiger partial charge in [-0.3, -0.25) is 4.79 Å². The molecule has 0 aliphatic carbocycles. The van der Waals surface area contributed by atoms with Gasteiger partial charge in [-0.05, 0) is 30.9 Å². The summed E-state index contributed by atoms with van der Waals surface area (Å²) in [6, 6.07) is 7.35. The Bertz CT molecular complexity index is 716. The van der Waals surface area contributed by atoms with Crippen molar-refractivity contribution >= 4 is 11.7 Å². The summed E-state index contributed by atoms with van der Waals surface area (Å²) in [6.07, 6.45) is 3.06. The smallest absolute Gasteiger partial charge is 0.290 e. The van der Waals surface area contributed by atoms with E-state index in [-0.39, 0.29) is 18.2 Å². The molecule has 3 heterocycles. The first kappa shape index (κ1) is 17.4. The summed E-state index contributed by atoms with van der Waals surface area (Å²) in [4.78, 5) is 18.5. The predicted octanol–water partition coefficient (Wildman–Crippen LogP) is 1.64. The normalized spacial score (nSPS) is 20.2. The van der Waals surface area contributed by atoms with Crippen molar-refractivity contribution in [1.29, 1.82) is 0 Å². The standard InChI is InChI=1S/C18H24N4O3/c1-13(2)9-14-10-15(25-21-14)17(23)20-11-18(24)6-8-22(12-18)16-5-3-4-7-19-16/h3-5,7,10,13,24H,6,8-9,11-12H2,1-2H3,(H,20,23)/t18-/m0/s1. The summed E-state index contributed by atoms with van der Waals surface area (Å²) >= 11 is 0. The molecule has 0 radical (unpaired) electrons. The van der Waals surface area contributed by atoms with Crippen molar-refractivity contribution in [3.63, 3.8) is 0 Å². The molecule has 1 saturated heterocycles. The van der Waals surface area contributed by atoms with Gasteiger partial charge in [-0.15, -0.1) is 0 Å². The fraction of sp³-hybridized carbons (Fsp3) is 0.500. The van der Waals surface area contributed by atoms with E-state index in [2.05, 4.69) is 29.3 Å². The molecule has 0 spiro atoms. The van der Waals surface area contributed by atoms with Crippen molar-refractivity contribution in [1.82, 2.24) is 15.5 Å². The number of aliphatic hydroxyl groups is 1. The number of amides is 1. The molecular weight excluding hydrogens is 320 g/mol. The van der Waals surface area contributed by atoms with E-state index in [4.69, 9.17) is 4.52 Å². The van der Waals surface area contributed by atoms with E-state index >= 15 is 0 Å². The van der Waals surface area contributed by atoms with Crippen molar-refractivity contribution in [2.75, 3.05) is 24.5 Å². The van der Waals surface area contributed by atoms with Crippen LogP contribution in [-0.2, 0) is 6.42 Å². The monoisotopic (exact) mass is 344 g/mol. The largest absolute Gasteiger partial charge is 0.386 e. The molecule has 1 amide bonds. The van der Waals surface area contributed by atoms with Gasteiger partial charge >= 0.3 is 0 Å². The van der Waals surface area contributed by atoms with Gasteiger partial charge in [0.15, 0.2) is 0 Å². The molecule has 1 aliphatic heterocycles. The second kappa shape index (κ2) is 7.23. The summed E-state index contributed by atoms with van der Waals surface area (Å²) in [6.45, 7) is 5.45. The van der Waals surface area contributed by atoms with Gasteiger partial charge in [0.25, 0.3) is 5.91 Å². The maximum Gasteiger partial charge on any atom is 0.290 e. The Morgan fingerprint density at radius 3 is 3.04 bits per heavy atom. The lowest BCUT2D eigenvalue weighted by molar-refractivity contribution is 0.0564. The SMILES string of the molecule is CC(C)Cc1cc(C(=O)NC[C@@]2(O)CCN(c3ccccn3)C2)on1. The zero-order chi connectivity index (χ0) is 17.9. The number of pyridine rings is 1. The Hall–Kier alpha value is -2.41. The molecular formula is C18H24N4O3. The van der Waals surface area contributed by atoms with Crippen molar-refractivity contribution in [3.05, 3.63) is 41.9 Å². The number of carbonyl (C=O) groups excluding carboxylic acids is 1. The van der Waals surface area contributed by atoms with Crippen LogP contribution in [0.2, 0.25) is 0 Å². The van der Waals surface area contributed by atoms with Crippen LogP contribution in [0.4, 0.5) is 5.82 Å². The molecule has 3 rings (SSSR count). The van der Waals surface area contributed by atoms with Crippen LogP contribution in [0.1, 0.15) is 36.5 Å². The highest BCUT2D eigenvalue weighted by molar-refractivity contribution is 5.91. The maximum absolute atomic E-state index is 12.2. The van der Waals surface area contributed by atoms with E-state index < -0.39 is 5.60 Å². The maximum atomic E-state index is 12.2. The molecule has 0 unspecified atom stereocenters. The number of nitrogens with one attached hydrogen (secondary N) is 1. The third-order valence-corrected chi connectivity index (χ3v) is 4.28. The Morgan fingerprint density at radius 1 is 1.48 bits per heavy atom. The van der Waals surface area contributed by atoms with Gasteiger partial charge in [-0.2, -0.15) is 0 Å². The highest BCUT2D eigenvalue weighted by Gasteiger charge is 2.37. The quantitative estimate of drug-likeness (QED) is 0.828. The summed E-state index contributed by atoms with van der Waals surface area (Å²) < 4.78 is 5.10. The molecule has 2 N–H and O–H groups in total. The van der Waals surface area contributed by atoms with Gasteiger partial charge in [-0.25, -0.2) is 4.98 Å². The first-order valence-corrected chi connectivity index (χ1v) is 8.57. The molecule has 1 atom stereocenters. The van der Waals surface area contributed by atoms with Crippen LogP contribution in [0.3, 0.4) is 0 Å². The van der Waals surface area contributed by atoms with Gasteiger partial charge in [0.1, 0.15) is 11.4 Å². The first-order chi connectivity index (χ1) is 12.0. The molecule has 2 aromatic heterocycles. The van der Waals surface area contributed by atoms with Crippen LogP contribution in [0.25, 0.3) is 0 Å². The van der Waals surface area contributed by atoms with Gasteiger partial charge in [0.2, 0.25) is 5.76 Å². The highest BCUT2D eigenvalue weighted by Crippen LogP contribution is 2.24. The number of hydrogen-bond acceptors (Lipinski definition) is 6. The average Bonchev–Trinajstić information content (AvgIpc) is 3.21. The second-order valence-electron chi connectivity index (χ2n) is 7.05. The van der Waals surface area contributed by atoms with Crippen LogP contribution in [0.5, 0.6) is 0 Å². The minimum atomic E-state index is -0.978. The third-order valence-electron chi connectivity index (χ3n) is 4.28. The fourth-order valence-corrected chi connectivity index (χ4v) is 3.00. The van der Waals surface area contributed by atoms with Crippen molar-refractivity contribution < 1.29 is 14.4 Å². The van der Waals surface area contributed by atoms with E-state index in [0.717, 1.165) is 17.9 Å². The summed E-state index contributed by atoms with van der Waals surface area (Å²) in [7, 11) is 0. The first-order valence-electron chi connectivity index (χ1n) is 8.57. The van der Waals surface area contributed by atoms with E-state index in [0.29, 0.717) is 25.4 Å². The molecule has 7 nitrogen and oxygen atoms in total. The number of aromatic nitrogens is 2. The van der Waals surface area contributed by atoms with E-state index in [1.807, 2.05) is 23.1 Å². The number of carbonyl (C=O) groups is 1. The number of anilines is 1. The predicted molar refractivity (Wildman–Crippen MR) is 93.4 cm³/mol. The lowest BCUT2D eigenvalue weighted by Gasteiger charge is -2.23. The van der Waals surface area contributed by atoms with E-state index in [9.17, 15) is 9.90 Å². The fourth-order valence-electron chi connectivity index (χ4n) is 3.00. The molecule has 2 aromatic rings. The Balaban J connectivity index is 1.54. The Kier molecular flexibility index (Phi) is 5.03. The van der Waals surface area contributed by atoms with E-state index in [1.165, 1.54) is 0 Å². The number of nitrogens with zero attached hydrogens (tertiary/aromatic N) is 3. The van der Waals surface area contributed by atoms with Crippen molar-refractivity contribution in [2.45, 2.75) is 32.3 Å². The van der Waals surface area contributed by atoms with Gasteiger partial charge in [-0.1, -0.05) is 25.1 Å². The Labute approximate surface area is 147 Å². The summed E-state index contributed by atoms with van der Waals surface area (Å²) in [5, 5.41) is 17.4. The molecule has 0 aromatic carbocycles. The summed E-state index contributed by atoms with van der Waals surface area (Å²) in [5.74, 6) is 1.10. The second-order valence-corrected chi connectivity index (χ2v) is 7.05. The van der Waals surface area contributed by atoms with Crippen LogP contribution in [0, 0.1) is 5.92 Å². The number of rotatable bonds is 6. The highest BCUT2D eigenvalue weighted by atomic mass is 16.5. The summed E-state index contributed by atoms with van der Waals surface area (Å²) in [5.41, 5.74) is -0.213. The van der Waals surface area contributed by atoms with E-state index in [1.54, 1.807) is 12.3 Å².